The van der Waals surface area contributed by atoms with E-state index in [4.69, 9.17) is 0 Å². The molecule has 3 nitrogen and oxygen atoms in total. The van der Waals surface area contributed by atoms with Gasteiger partial charge >= 0.3 is 0 Å². The Bertz CT molecular complexity index is 1020. The van der Waals surface area contributed by atoms with Gasteiger partial charge in [-0.1, -0.05) is 12.1 Å². The minimum Gasteiger partial charge on any atom is -0.346 e. The van der Waals surface area contributed by atoms with Crippen molar-refractivity contribution in [3.8, 4) is 11.1 Å². The van der Waals surface area contributed by atoms with Gasteiger partial charge in [0.25, 0.3) is 0 Å². The van der Waals surface area contributed by atoms with Crippen molar-refractivity contribution in [3.05, 3.63) is 76.2 Å². The molecule has 3 aromatic heterocycles. The quantitative estimate of drug-likeness (QED) is 0.575. The number of hydrogen-bond acceptors (Lipinski definition) is 3. The van der Waals surface area contributed by atoms with Crippen LogP contribution in [-0.4, -0.2) is 21.4 Å². The second-order valence-corrected chi connectivity index (χ2v) is 7.45. The number of fused-ring (bicyclic) bond motifs is 2. The third-order valence-corrected chi connectivity index (χ3v) is 5.77. The van der Waals surface area contributed by atoms with Gasteiger partial charge in [0.1, 0.15) is 5.65 Å². The maximum Gasteiger partial charge on any atom is 0.137 e. The second-order valence-electron chi connectivity index (χ2n) is 6.67. The fraction of sp³-hybridized carbons (Fsp3) is 0.190. The molecule has 1 aromatic carbocycles. The molecule has 1 aliphatic rings. The summed E-state index contributed by atoms with van der Waals surface area (Å²) in [4.78, 5) is 10.2. The van der Waals surface area contributed by atoms with Gasteiger partial charge in [0, 0.05) is 37.4 Å². The van der Waals surface area contributed by atoms with Crippen LogP contribution in [0, 0.1) is 0 Å². The van der Waals surface area contributed by atoms with Crippen LogP contribution < -0.4 is 0 Å². The lowest BCUT2D eigenvalue weighted by Crippen LogP contribution is -2.30. The monoisotopic (exact) mass is 345 g/mol. The molecular weight excluding hydrogens is 326 g/mol. The van der Waals surface area contributed by atoms with Gasteiger partial charge in [0.15, 0.2) is 0 Å². The summed E-state index contributed by atoms with van der Waals surface area (Å²) in [6.45, 7) is 3.09. The van der Waals surface area contributed by atoms with Crippen LogP contribution in [-0.2, 0) is 19.5 Å². The number of H-pyrrole nitrogens is 1. The van der Waals surface area contributed by atoms with E-state index in [1.54, 1.807) is 11.3 Å². The first-order valence-electron chi connectivity index (χ1n) is 8.64. The third kappa shape index (κ3) is 2.77. The fourth-order valence-corrected chi connectivity index (χ4v) is 4.41. The first-order chi connectivity index (χ1) is 12.4. The molecule has 0 radical (unpaired) electrons. The van der Waals surface area contributed by atoms with E-state index in [0.717, 1.165) is 31.7 Å². The molecule has 0 bridgehead atoms. The zero-order valence-electron chi connectivity index (χ0n) is 13.9. The van der Waals surface area contributed by atoms with E-state index in [1.165, 1.54) is 33.2 Å². The normalized spacial score (nSPS) is 14.7. The highest BCUT2D eigenvalue weighted by Gasteiger charge is 2.18. The SMILES string of the molecule is c1cnc2[nH]cc(CN3CCc4ccc(-c5ccsc5)cc4C3)c2c1. The minimum atomic E-state index is 0.966. The van der Waals surface area contributed by atoms with Crippen molar-refractivity contribution in [1.29, 1.82) is 0 Å². The number of pyridine rings is 1. The van der Waals surface area contributed by atoms with Crippen molar-refractivity contribution in [2.24, 2.45) is 0 Å². The van der Waals surface area contributed by atoms with Crippen LogP contribution >= 0.6 is 11.3 Å². The smallest absolute Gasteiger partial charge is 0.137 e. The van der Waals surface area contributed by atoms with E-state index in [0.29, 0.717) is 0 Å². The van der Waals surface area contributed by atoms with E-state index in [-0.39, 0.29) is 0 Å². The summed E-state index contributed by atoms with van der Waals surface area (Å²) in [7, 11) is 0. The molecule has 0 atom stereocenters. The van der Waals surface area contributed by atoms with Gasteiger partial charge in [0.05, 0.1) is 0 Å². The number of nitrogens with zero attached hydrogens (tertiary/aromatic N) is 2. The summed E-state index contributed by atoms with van der Waals surface area (Å²) in [5.74, 6) is 0. The zero-order chi connectivity index (χ0) is 16.6. The van der Waals surface area contributed by atoms with Crippen molar-refractivity contribution >= 4 is 22.4 Å². The number of rotatable bonds is 3. The average Bonchev–Trinajstić information content (AvgIpc) is 3.32. The largest absolute Gasteiger partial charge is 0.346 e. The van der Waals surface area contributed by atoms with Crippen molar-refractivity contribution in [3.63, 3.8) is 0 Å². The molecule has 0 saturated heterocycles. The molecule has 0 spiro atoms. The predicted octanol–water partition coefficient (Wildman–Crippen LogP) is 4.85. The lowest BCUT2D eigenvalue weighted by Gasteiger charge is -2.29. The molecule has 4 heterocycles. The van der Waals surface area contributed by atoms with E-state index in [2.05, 4.69) is 62.2 Å². The Morgan fingerprint density at radius 1 is 1.12 bits per heavy atom. The summed E-state index contributed by atoms with van der Waals surface area (Å²) < 4.78 is 0. The lowest BCUT2D eigenvalue weighted by atomic mass is 9.95. The van der Waals surface area contributed by atoms with Crippen LogP contribution in [0.4, 0.5) is 0 Å². The Morgan fingerprint density at radius 2 is 2.12 bits per heavy atom. The van der Waals surface area contributed by atoms with Gasteiger partial charge in [-0.15, -0.1) is 0 Å². The van der Waals surface area contributed by atoms with Gasteiger partial charge < -0.3 is 4.98 Å². The van der Waals surface area contributed by atoms with Crippen molar-refractivity contribution < 1.29 is 0 Å². The van der Waals surface area contributed by atoms with Crippen molar-refractivity contribution in [2.45, 2.75) is 19.5 Å². The standard InChI is InChI=1S/C21H19N3S/c1-2-20-19(11-23-21(20)22-7-1)13-24-8-5-15-3-4-16(10-18(15)12-24)17-6-9-25-14-17/h1-4,6-7,9-11,14H,5,8,12-13H2,(H,22,23). The van der Waals surface area contributed by atoms with Crippen LogP contribution in [0.1, 0.15) is 16.7 Å². The third-order valence-electron chi connectivity index (χ3n) is 5.08. The summed E-state index contributed by atoms with van der Waals surface area (Å²) >= 11 is 1.76. The van der Waals surface area contributed by atoms with Gasteiger partial charge in [0.2, 0.25) is 0 Å². The molecule has 0 fully saturated rings. The van der Waals surface area contributed by atoms with E-state index < -0.39 is 0 Å². The topological polar surface area (TPSA) is 31.9 Å². The number of hydrogen-bond donors (Lipinski definition) is 1. The lowest BCUT2D eigenvalue weighted by molar-refractivity contribution is 0.246. The maximum absolute atomic E-state index is 4.40. The molecule has 5 rings (SSSR count). The maximum atomic E-state index is 4.40. The number of aromatic amines is 1. The van der Waals surface area contributed by atoms with E-state index in [1.807, 2.05) is 12.3 Å². The molecule has 0 amide bonds. The van der Waals surface area contributed by atoms with Gasteiger partial charge in [-0.3, -0.25) is 4.90 Å². The summed E-state index contributed by atoms with van der Waals surface area (Å²) in [5.41, 5.74) is 7.93. The fourth-order valence-electron chi connectivity index (χ4n) is 3.74. The minimum absolute atomic E-state index is 0.966. The Kier molecular flexibility index (Phi) is 3.65. The summed E-state index contributed by atoms with van der Waals surface area (Å²) in [6, 6.07) is 13.3. The summed E-state index contributed by atoms with van der Waals surface area (Å²) in [5, 5.41) is 5.60. The molecule has 25 heavy (non-hydrogen) atoms. The first-order valence-corrected chi connectivity index (χ1v) is 9.59. The molecular formula is C21H19N3S. The van der Waals surface area contributed by atoms with E-state index >= 15 is 0 Å². The van der Waals surface area contributed by atoms with Gasteiger partial charge in [-0.05, 0) is 69.3 Å². The highest BCUT2D eigenvalue weighted by molar-refractivity contribution is 7.08. The molecule has 124 valence electrons. The van der Waals surface area contributed by atoms with E-state index in [9.17, 15) is 0 Å². The Morgan fingerprint density at radius 3 is 3.04 bits per heavy atom. The van der Waals surface area contributed by atoms with Gasteiger partial charge in [-0.25, -0.2) is 4.98 Å². The number of thiophene rings is 1. The van der Waals surface area contributed by atoms with Gasteiger partial charge in [-0.2, -0.15) is 11.3 Å². The zero-order valence-corrected chi connectivity index (χ0v) is 14.7. The molecule has 1 aliphatic heterocycles. The highest BCUT2D eigenvalue weighted by Crippen LogP contribution is 2.29. The Balaban J connectivity index is 1.41. The number of benzene rings is 1. The highest BCUT2D eigenvalue weighted by atomic mass is 32.1. The Labute approximate surface area is 151 Å². The molecule has 0 unspecified atom stereocenters. The first kappa shape index (κ1) is 14.9. The van der Waals surface area contributed by atoms with Crippen LogP contribution in [0.25, 0.3) is 22.2 Å². The number of nitrogens with one attached hydrogen (secondary N) is 1. The molecule has 4 aromatic rings. The molecule has 4 heteroatoms. The number of aromatic nitrogens is 2. The second kappa shape index (κ2) is 6.14. The van der Waals surface area contributed by atoms with Crippen LogP contribution in [0.15, 0.2) is 59.6 Å². The Hall–Kier alpha value is -2.43. The van der Waals surface area contributed by atoms with Crippen LogP contribution in [0.2, 0.25) is 0 Å². The predicted molar refractivity (Wildman–Crippen MR) is 104 cm³/mol. The molecule has 1 N–H and O–H groups in total. The van der Waals surface area contributed by atoms with Crippen molar-refractivity contribution in [1.82, 2.24) is 14.9 Å². The van der Waals surface area contributed by atoms with Crippen LogP contribution in [0.3, 0.4) is 0 Å². The van der Waals surface area contributed by atoms with Crippen molar-refractivity contribution in [2.75, 3.05) is 6.54 Å². The van der Waals surface area contributed by atoms with Crippen LogP contribution in [0.5, 0.6) is 0 Å². The summed E-state index contributed by atoms with van der Waals surface area (Å²) in [6.07, 6.45) is 5.07. The molecule has 0 saturated carbocycles. The average molecular weight is 345 g/mol. The molecule has 0 aliphatic carbocycles.